The second-order valence-corrected chi connectivity index (χ2v) is 6.79. The van der Waals surface area contributed by atoms with Gasteiger partial charge in [0.15, 0.2) is 0 Å². The highest BCUT2D eigenvalue weighted by Gasteiger charge is 2.31. The predicted octanol–water partition coefficient (Wildman–Crippen LogP) is 2.76. The molecule has 0 bridgehead atoms. The molecule has 0 spiro atoms. The molecule has 0 saturated heterocycles. The van der Waals surface area contributed by atoms with Gasteiger partial charge in [-0.3, -0.25) is 4.79 Å². The van der Waals surface area contributed by atoms with Gasteiger partial charge in [0.05, 0.1) is 23.4 Å². The molecular formula is C19H24FN3O2. The minimum atomic E-state index is -0.832. The number of carbonyl (C=O) groups is 1. The molecule has 1 aromatic heterocycles. The lowest BCUT2D eigenvalue weighted by molar-refractivity contribution is -0.127. The van der Waals surface area contributed by atoms with E-state index < -0.39 is 5.60 Å². The number of amides is 1. The Morgan fingerprint density at radius 2 is 2.08 bits per heavy atom. The van der Waals surface area contributed by atoms with E-state index in [1.165, 1.54) is 12.1 Å². The summed E-state index contributed by atoms with van der Waals surface area (Å²) in [6.45, 7) is 0.467. The maximum Gasteiger partial charge on any atom is 0.222 e. The van der Waals surface area contributed by atoms with Gasteiger partial charge in [-0.15, -0.1) is 0 Å². The van der Waals surface area contributed by atoms with E-state index in [4.69, 9.17) is 0 Å². The highest BCUT2D eigenvalue weighted by Crippen LogP contribution is 2.30. The van der Waals surface area contributed by atoms with Crippen LogP contribution in [0.4, 0.5) is 4.39 Å². The number of benzene rings is 1. The van der Waals surface area contributed by atoms with E-state index in [9.17, 15) is 14.3 Å². The molecule has 1 aliphatic rings. The normalized spacial score (nSPS) is 16.6. The lowest BCUT2D eigenvalue weighted by Gasteiger charge is -2.31. The van der Waals surface area contributed by atoms with Crippen LogP contribution < -0.4 is 5.32 Å². The Kier molecular flexibility index (Phi) is 5.48. The molecule has 1 fully saturated rings. The van der Waals surface area contributed by atoms with E-state index in [1.807, 2.05) is 6.07 Å². The van der Waals surface area contributed by atoms with Gasteiger partial charge in [0.1, 0.15) is 5.82 Å². The third kappa shape index (κ3) is 4.89. The Balaban J connectivity index is 1.47. The molecule has 134 valence electrons. The molecule has 0 unspecified atom stereocenters. The third-order valence-electron chi connectivity index (χ3n) is 4.69. The van der Waals surface area contributed by atoms with Crippen LogP contribution >= 0.6 is 0 Å². The SMILES string of the molecule is O=C(CC1(O)CCCCC1)NCCc1ccn(-c2cccc(F)c2)n1. The monoisotopic (exact) mass is 345 g/mol. The highest BCUT2D eigenvalue weighted by atomic mass is 19.1. The second kappa shape index (κ2) is 7.78. The maximum absolute atomic E-state index is 13.3. The smallest absolute Gasteiger partial charge is 0.222 e. The topological polar surface area (TPSA) is 67.2 Å². The average Bonchev–Trinajstić information content (AvgIpc) is 3.04. The minimum Gasteiger partial charge on any atom is -0.389 e. The van der Waals surface area contributed by atoms with Crippen LogP contribution in [0.2, 0.25) is 0 Å². The molecule has 5 nitrogen and oxygen atoms in total. The number of halogens is 1. The second-order valence-electron chi connectivity index (χ2n) is 6.79. The largest absolute Gasteiger partial charge is 0.389 e. The van der Waals surface area contributed by atoms with Crippen molar-refractivity contribution < 1.29 is 14.3 Å². The van der Waals surface area contributed by atoms with E-state index >= 15 is 0 Å². The predicted molar refractivity (Wildman–Crippen MR) is 92.9 cm³/mol. The molecule has 6 heteroatoms. The Bertz CT molecular complexity index is 723. The van der Waals surface area contributed by atoms with Crippen molar-refractivity contribution >= 4 is 5.91 Å². The van der Waals surface area contributed by atoms with Crippen molar-refractivity contribution in [3.05, 3.63) is 48.0 Å². The molecule has 25 heavy (non-hydrogen) atoms. The summed E-state index contributed by atoms with van der Waals surface area (Å²) in [4.78, 5) is 12.0. The molecule has 1 aromatic carbocycles. The van der Waals surface area contributed by atoms with Gasteiger partial charge >= 0.3 is 0 Å². The number of aromatic nitrogens is 2. The first kappa shape index (κ1) is 17.6. The summed E-state index contributed by atoms with van der Waals surface area (Å²) in [5.41, 5.74) is 0.650. The van der Waals surface area contributed by atoms with E-state index in [0.29, 0.717) is 31.5 Å². The van der Waals surface area contributed by atoms with Crippen molar-refractivity contribution in [1.82, 2.24) is 15.1 Å². The zero-order valence-electron chi connectivity index (χ0n) is 14.2. The first-order chi connectivity index (χ1) is 12.0. The van der Waals surface area contributed by atoms with Gasteiger partial charge in [0.25, 0.3) is 0 Å². The van der Waals surface area contributed by atoms with Crippen LogP contribution in [0.5, 0.6) is 0 Å². The van der Waals surface area contributed by atoms with Crippen molar-refractivity contribution in [2.45, 2.75) is 50.5 Å². The Labute approximate surface area is 146 Å². The Hall–Kier alpha value is -2.21. The molecule has 0 radical (unpaired) electrons. The van der Waals surface area contributed by atoms with Crippen LogP contribution in [0, 0.1) is 5.82 Å². The summed E-state index contributed by atoms with van der Waals surface area (Å²) >= 11 is 0. The summed E-state index contributed by atoms with van der Waals surface area (Å²) in [5, 5.41) is 17.7. The number of hydrogen-bond donors (Lipinski definition) is 2. The van der Waals surface area contributed by atoms with Crippen LogP contribution in [0.1, 0.15) is 44.2 Å². The van der Waals surface area contributed by atoms with Crippen molar-refractivity contribution in [3.8, 4) is 5.69 Å². The maximum atomic E-state index is 13.3. The molecule has 1 aliphatic carbocycles. The number of carbonyl (C=O) groups excluding carboxylic acids is 1. The van der Waals surface area contributed by atoms with Gasteiger partial charge in [0, 0.05) is 19.2 Å². The fraction of sp³-hybridized carbons (Fsp3) is 0.474. The Morgan fingerprint density at radius 1 is 1.28 bits per heavy atom. The summed E-state index contributed by atoms with van der Waals surface area (Å²) < 4.78 is 14.9. The number of nitrogens with one attached hydrogen (secondary N) is 1. The van der Waals surface area contributed by atoms with E-state index in [-0.39, 0.29) is 18.1 Å². The number of nitrogens with zero attached hydrogens (tertiary/aromatic N) is 2. The van der Waals surface area contributed by atoms with Crippen molar-refractivity contribution in [2.24, 2.45) is 0 Å². The summed E-state index contributed by atoms with van der Waals surface area (Å²) in [5.74, 6) is -0.420. The van der Waals surface area contributed by atoms with E-state index in [2.05, 4.69) is 10.4 Å². The summed E-state index contributed by atoms with van der Waals surface area (Å²) in [7, 11) is 0. The van der Waals surface area contributed by atoms with E-state index in [0.717, 1.165) is 25.0 Å². The van der Waals surface area contributed by atoms with Crippen LogP contribution in [-0.4, -0.2) is 32.9 Å². The fourth-order valence-corrected chi connectivity index (χ4v) is 3.34. The lowest BCUT2D eigenvalue weighted by Crippen LogP contribution is -2.38. The first-order valence-electron chi connectivity index (χ1n) is 8.84. The molecule has 3 rings (SSSR count). The van der Waals surface area contributed by atoms with Gasteiger partial charge in [-0.1, -0.05) is 25.3 Å². The van der Waals surface area contributed by atoms with E-state index in [1.54, 1.807) is 23.0 Å². The quantitative estimate of drug-likeness (QED) is 0.846. The van der Waals surface area contributed by atoms with Gasteiger partial charge in [-0.2, -0.15) is 5.10 Å². The molecule has 0 aliphatic heterocycles. The zero-order chi connectivity index (χ0) is 17.7. The molecule has 2 N–H and O–H groups in total. The molecule has 0 atom stereocenters. The van der Waals surface area contributed by atoms with Crippen LogP contribution in [-0.2, 0) is 11.2 Å². The zero-order valence-corrected chi connectivity index (χ0v) is 14.2. The molecule has 2 aromatic rings. The standard InChI is InChI=1S/C19H24FN3O2/c20-15-5-4-6-17(13-15)23-12-8-16(22-23)7-11-21-18(24)14-19(25)9-2-1-3-10-19/h4-6,8,12-13,25H,1-3,7,9-11,14H2,(H,21,24). The van der Waals surface area contributed by atoms with Gasteiger partial charge in [-0.25, -0.2) is 9.07 Å². The molecule has 1 amide bonds. The molecule has 1 saturated carbocycles. The lowest BCUT2D eigenvalue weighted by atomic mass is 9.82. The average molecular weight is 345 g/mol. The minimum absolute atomic E-state index is 0.117. The first-order valence-corrected chi connectivity index (χ1v) is 8.84. The fourth-order valence-electron chi connectivity index (χ4n) is 3.34. The van der Waals surface area contributed by atoms with Crippen molar-refractivity contribution in [2.75, 3.05) is 6.54 Å². The van der Waals surface area contributed by atoms with Crippen LogP contribution in [0.15, 0.2) is 36.5 Å². The number of rotatable bonds is 6. The Morgan fingerprint density at radius 3 is 2.84 bits per heavy atom. The van der Waals surface area contributed by atoms with Gasteiger partial charge in [-0.05, 0) is 37.1 Å². The number of hydrogen-bond acceptors (Lipinski definition) is 3. The van der Waals surface area contributed by atoms with Crippen molar-refractivity contribution in [3.63, 3.8) is 0 Å². The van der Waals surface area contributed by atoms with Crippen molar-refractivity contribution in [1.29, 1.82) is 0 Å². The van der Waals surface area contributed by atoms with Gasteiger partial charge in [0.2, 0.25) is 5.91 Å². The summed E-state index contributed by atoms with van der Waals surface area (Å²) in [6.07, 6.45) is 7.06. The molecular weight excluding hydrogens is 321 g/mol. The van der Waals surface area contributed by atoms with Crippen LogP contribution in [0.25, 0.3) is 5.69 Å². The number of aliphatic hydroxyl groups is 1. The highest BCUT2D eigenvalue weighted by molar-refractivity contribution is 5.77. The van der Waals surface area contributed by atoms with Gasteiger partial charge < -0.3 is 10.4 Å². The molecule has 1 heterocycles. The summed E-state index contributed by atoms with van der Waals surface area (Å²) in [6, 6.07) is 8.09. The van der Waals surface area contributed by atoms with Crippen LogP contribution in [0.3, 0.4) is 0 Å². The third-order valence-corrected chi connectivity index (χ3v) is 4.69.